The predicted octanol–water partition coefficient (Wildman–Crippen LogP) is 10.3. The van der Waals surface area contributed by atoms with Crippen molar-refractivity contribution in [3.8, 4) is 12.1 Å². The van der Waals surface area contributed by atoms with Gasteiger partial charge in [0.2, 0.25) is 0 Å². The molecular weight excluding hydrogens is 905 g/mol. The second-order valence-electron chi connectivity index (χ2n) is 20.4. The highest BCUT2D eigenvalue weighted by atomic mass is 16.5. The smallest absolute Gasteiger partial charge is 0.319 e. The van der Waals surface area contributed by atoms with Gasteiger partial charge in [-0.05, 0) is 172 Å². The van der Waals surface area contributed by atoms with Gasteiger partial charge in [-0.1, -0.05) is 49.2 Å². The molecule has 4 N–H and O–H groups in total. The van der Waals surface area contributed by atoms with Gasteiger partial charge in [0.1, 0.15) is 0 Å². The number of nitriles is 2. The minimum Gasteiger partial charge on any atom is -0.376 e. The molecule has 72 heavy (non-hydrogen) atoms. The highest BCUT2D eigenvalue weighted by Crippen LogP contribution is 2.42. The predicted molar refractivity (Wildman–Crippen MR) is 276 cm³/mol. The number of carbonyl (C=O) groups excluding carboxylic acids is 4. The summed E-state index contributed by atoms with van der Waals surface area (Å²) < 4.78 is 11.2. The van der Waals surface area contributed by atoms with Gasteiger partial charge >= 0.3 is 12.1 Å². The maximum absolute atomic E-state index is 13.4. The van der Waals surface area contributed by atoms with Crippen molar-refractivity contribution in [1.82, 2.24) is 20.4 Å². The fraction of sp³-hybridized carbons (Fsp3) is 0.483. The van der Waals surface area contributed by atoms with Crippen LogP contribution in [0.3, 0.4) is 0 Å². The number of ether oxygens (including phenoxy) is 2. The minimum atomic E-state index is -0.251. The number of hydrogen-bond donors (Lipinski definition) is 4. The molecule has 14 heteroatoms. The van der Waals surface area contributed by atoms with Gasteiger partial charge in [0, 0.05) is 75.0 Å². The fourth-order valence-electron chi connectivity index (χ4n) is 11.0. The van der Waals surface area contributed by atoms with Crippen LogP contribution in [0.1, 0.15) is 168 Å². The van der Waals surface area contributed by atoms with E-state index in [0.29, 0.717) is 85.2 Å². The van der Waals surface area contributed by atoms with Crippen molar-refractivity contribution < 1.29 is 28.7 Å². The molecule has 6 aliphatic rings. The van der Waals surface area contributed by atoms with Gasteiger partial charge in [0.05, 0.1) is 35.5 Å². The minimum absolute atomic E-state index is 0.0104. The number of urea groups is 2. The van der Waals surface area contributed by atoms with E-state index in [1.165, 1.54) is 24.0 Å². The van der Waals surface area contributed by atoms with Crippen molar-refractivity contribution in [3.63, 3.8) is 0 Å². The maximum Gasteiger partial charge on any atom is 0.319 e. The Labute approximate surface area is 423 Å². The normalized spacial score (nSPS) is 20.4. The monoisotopic (exact) mass is 973 g/mol. The van der Waals surface area contributed by atoms with E-state index in [-0.39, 0.29) is 36.1 Å². The van der Waals surface area contributed by atoms with Gasteiger partial charge in [-0.3, -0.25) is 9.59 Å². The molecule has 0 unspecified atom stereocenters. The molecule has 376 valence electrons. The molecule has 4 aromatic carbocycles. The van der Waals surface area contributed by atoms with Crippen molar-refractivity contribution in [2.45, 2.75) is 126 Å². The molecular formula is C58H68N8O6. The number of anilines is 2. The van der Waals surface area contributed by atoms with Crippen LogP contribution in [-0.2, 0) is 9.47 Å². The maximum atomic E-state index is 13.4. The number of carbonyl (C=O) groups is 4. The third-order valence-electron chi connectivity index (χ3n) is 15.8. The standard InChI is InChI=1S/2C29H34N4O3/c2*30-18-20-6-8-21(9-7-20)22-12-14-33(15-13-22)28(34)24-10-11-26(23-3-1-4-23)27(17-24)32-29(35)31-19-25-5-2-16-36-25/h2*6-11,17,22-23,25H,1-5,12-16,19H2,(H2,31,32,35)/t2*25-/m10/s1. The van der Waals surface area contributed by atoms with Crippen molar-refractivity contribution in [2.24, 2.45) is 0 Å². The molecule has 0 aromatic heterocycles. The molecule has 6 amide bonds. The second-order valence-corrected chi connectivity index (χ2v) is 20.4. The third kappa shape index (κ3) is 12.6. The van der Waals surface area contributed by atoms with Gasteiger partial charge in [0.25, 0.3) is 11.8 Å². The zero-order chi connectivity index (χ0) is 49.8. The van der Waals surface area contributed by atoms with E-state index in [9.17, 15) is 19.2 Å². The van der Waals surface area contributed by atoms with Crippen LogP contribution in [0.5, 0.6) is 0 Å². The van der Waals surface area contributed by atoms with E-state index in [4.69, 9.17) is 20.0 Å². The molecule has 0 radical (unpaired) electrons. The third-order valence-corrected chi connectivity index (χ3v) is 15.8. The largest absolute Gasteiger partial charge is 0.376 e. The van der Waals surface area contributed by atoms with Crippen LogP contribution in [0, 0.1) is 22.7 Å². The summed E-state index contributed by atoms with van der Waals surface area (Å²) >= 11 is 0. The molecule has 6 fully saturated rings. The lowest BCUT2D eigenvalue weighted by atomic mass is 9.79. The van der Waals surface area contributed by atoms with Crippen LogP contribution >= 0.6 is 0 Å². The van der Waals surface area contributed by atoms with Gasteiger partial charge < -0.3 is 40.5 Å². The summed E-state index contributed by atoms with van der Waals surface area (Å²) in [6.45, 7) is 5.28. The summed E-state index contributed by atoms with van der Waals surface area (Å²) in [7, 11) is 0. The number of nitrogens with one attached hydrogen (secondary N) is 4. The quantitative estimate of drug-likeness (QED) is 0.108. The molecule has 4 heterocycles. The van der Waals surface area contributed by atoms with Gasteiger partial charge in [-0.15, -0.1) is 0 Å². The number of amides is 6. The first-order valence-electron chi connectivity index (χ1n) is 26.4. The van der Waals surface area contributed by atoms with Crippen molar-refractivity contribution in [2.75, 3.05) is 63.1 Å². The molecule has 2 saturated carbocycles. The zero-order valence-corrected chi connectivity index (χ0v) is 41.3. The Morgan fingerprint density at radius 3 is 1.19 bits per heavy atom. The Balaban J connectivity index is 0.000000178. The Kier molecular flexibility index (Phi) is 16.8. The summed E-state index contributed by atoms with van der Waals surface area (Å²) in [5, 5.41) is 29.9. The SMILES string of the molecule is N#Cc1ccc(C2CCN(C(=O)c3ccc(C4CCC4)c(NC(=O)NC[C@@H]4CCCO4)c3)CC2)cc1.N#Cc1ccc(C2CCN(C(=O)c3ccc(C4CCC4)c(NC(=O)NC[C@H]4CCCO4)c3)CC2)cc1. The average molecular weight is 973 g/mol. The fourth-order valence-corrected chi connectivity index (χ4v) is 11.0. The molecule has 0 spiro atoms. The van der Waals surface area contributed by atoms with Gasteiger partial charge in [-0.2, -0.15) is 10.5 Å². The topological polar surface area (TPSA) is 189 Å². The van der Waals surface area contributed by atoms with E-state index in [2.05, 4.69) is 33.4 Å². The number of benzene rings is 4. The summed E-state index contributed by atoms with van der Waals surface area (Å²) in [5.41, 5.74) is 8.73. The summed E-state index contributed by atoms with van der Waals surface area (Å²) in [4.78, 5) is 55.9. The molecule has 4 aliphatic heterocycles. The average Bonchev–Trinajstić information content (AvgIpc) is 4.13. The molecule has 0 bridgehead atoms. The highest BCUT2D eigenvalue weighted by molar-refractivity contribution is 5.98. The van der Waals surface area contributed by atoms with Crippen LogP contribution in [0.15, 0.2) is 84.9 Å². The number of hydrogen-bond acceptors (Lipinski definition) is 8. The molecule has 2 atom stereocenters. The molecule has 4 aromatic rings. The van der Waals surface area contributed by atoms with Crippen LogP contribution < -0.4 is 21.3 Å². The van der Waals surface area contributed by atoms with Gasteiger partial charge in [-0.25, -0.2) is 9.59 Å². The summed E-state index contributed by atoms with van der Waals surface area (Å²) in [5.74, 6) is 1.68. The summed E-state index contributed by atoms with van der Waals surface area (Å²) in [6.07, 6.45) is 14.6. The van der Waals surface area contributed by atoms with Crippen LogP contribution in [0.2, 0.25) is 0 Å². The van der Waals surface area contributed by atoms with E-state index in [1.54, 1.807) is 0 Å². The summed E-state index contributed by atoms with van der Waals surface area (Å²) in [6, 6.07) is 31.0. The van der Waals surface area contributed by atoms with Gasteiger partial charge in [0.15, 0.2) is 0 Å². The second kappa shape index (κ2) is 24.1. The number of piperidine rings is 2. The van der Waals surface area contributed by atoms with E-state index < -0.39 is 0 Å². The lowest BCUT2D eigenvalue weighted by Crippen LogP contribution is -2.38. The van der Waals surface area contributed by atoms with Crippen LogP contribution in [-0.4, -0.2) is 98.4 Å². The molecule has 10 rings (SSSR count). The molecule has 2 aliphatic carbocycles. The van der Waals surface area contributed by atoms with E-state index >= 15 is 0 Å². The van der Waals surface area contributed by atoms with Crippen molar-refractivity contribution in [3.05, 3.63) is 129 Å². The lowest BCUT2D eigenvalue weighted by molar-refractivity contribution is 0.0705. The number of rotatable bonds is 12. The Hall–Kier alpha value is -6.74. The molecule has 14 nitrogen and oxygen atoms in total. The van der Waals surface area contributed by atoms with E-state index in [1.807, 2.05) is 94.7 Å². The van der Waals surface area contributed by atoms with E-state index in [0.717, 1.165) is 113 Å². The highest BCUT2D eigenvalue weighted by Gasteiger charge is 2.30. The first-order chi connectivity index (χ1) is 35.2. The zero-order valence-electron chi connectivity index (χ0n) is 41.3. The lowest BCUT2D eigenvalue weighted by Gasteiger charge is -2.33. The first-order valence-corrected chi connectivity index (χ1v) is 26.4. The number of nitrogens with zero attached hydrogens (tertiary/aromatic N) is 4. The molecule has 4 saturated heterocycles. The number of likely N-dealkylation sites (tertiary alicyclic amines) is 2. The van der Waals surface area contributed by atoms with Crippen molar-refractivity contribution in [1.29, 1.82) is 10.5 Å². The Morgan fingerprint density at radius 1 is 0.486 bits per heavy atom. The first kappa shape index (κ1) is 50.2. The van der Waals surface area contributed by atoms with Crippen LogP contribution in [0.4, 0.5) is 21.0 Å². The Morgan fingerprint density at radius 2 is 0.875 bits per heavy atom. The van der Waals surface area contributed by atoms with Crippen LogP contribution in [0.25, 0.3) is 0 Å². The van der Waals surface area contributed by atoms with Crippen molar-refractivity contribution >= 4 is 35.3 Å². The Bertz CT molecular complexity index is 2430.